The second-order valence-corrected chi connectivity index (χ2v) is 4.04. The molecular formula is C9H20N6. The molecule has 1 aromatic rings. The van der Waals surface area contributed by atoms with Crippen LogP contribution in [0.5, 0.6) is 0 Å². The number of aromatic nitrogens is 4. The maximum atomic E-state index is 4.13. The van der Waals surface area contributed by atoms with Gasteiger partial charge in [-0.25, -0.2) is 0 Å². The number of rotatable bonds is 6. The van der Waals surface area contributed by atoms with Gasteiger partial charge in [0, 0.05) is 19.1 Å². The molecular weight excluding hydrogens is 192 g/mol. The molecule has 0 aliphatic carbocycles. The second-order valence-electron chi connectivity index (χ2n) is 4.04. The third-order valence-electron chi connectivity index (χ3n) is 2.01. The van der Waals surface area contributed by atoms with Crippen molar-refractivity contribution in [2.75, 3.05) is 20.1 Å². The Morgan fingerprint density at radius 2 is 2.20 bits per heavy atom. The zero-order valence-corrected chi connectivity index (χ0v) is 9.93. The molecule has 6 heteroatoms. The van der Waals surface area contributed by atoms with Crippen molar-refractivity contribution >= 4 is 0 Å². The molecule has 0 aromatic carbocycles. The van der Waals surface area contributed by atoms with Gasteiger partial charge >= 0.3 is 0 Å². The van der Waals surface area contributed by atoms with Crippen molar-refractivity contribution in [3.63, 3.8) is 0 Å². The lowest BCUT2D eigenvalue weighted by atomic mass is 10.4. The Hall–Kier alpha value is -1.01. The van der Waals surface area contributed by atoms with Crippen LogP contribution in [-0.2, 0) is 13.6 Å². The third kappa shape index (κ3) is 4.85. The number of nitrogens with one attached hydrogen (secondary N) is 1. The molecule has 1 N–H and O–H groups in total. The summed E-state index contributed by atoms with van der Waals surface area (Å²) in [6, 6.07) is 0.535. The largest absolute Gasteiger partial charge is 0.313 e. The molecule has 15 heavy (non-hydrogen) atoms. The fourth-order valence-corrected chi connectivity index (χ4v) is 1.25. The summed E-state index contributed by atoms with van der Waals surface area (Å²) in [5.41, 5.74) is 0. The molecule has 1 aromatic heterocycles. The average molecular weight is 212 g/mol. The summed E-state index contributed by atoms with van der Waals surface area (Å²) in [6.07, 6.45) is 0. The molecule has 1 heterocycles. The predicted octanol–water partition coefficient (Wildman–Crippen LogP) is -0.360. The minimum atomic E-state index is 0.535. The van der Waals surface area contributed by atoms with Crippen molar-refractivity contribution in [2.45, 2.75) is 26.4 Å². The summed E-state index contributed by atoms with van der Waals surface area (Å²) in [7, 11) is 3.83. The first-order chi connectivity index (χ1) is 7.08. The quantitative estimate of drug-likeness (QED) is 0.698. The predicted molar refractivity (Wildman–Crippen MR) is 58.3 cm³/mol. The van der Waals surface area contributed by atoms with Crippen molar-refractivity contribution in [3.8, 4) is 0 Å². The lowest BCUT2D eigenvalue weighted by Gasteiger charge is -2.15. The van der Waals surface area contributed by atoms with Gasteiger partial charge in [-0.05, 0) is 12.3 Å². The van der Waals surface area contributed by atoms with Gasteiger partial charge in [-0.3, -0.25) is 4.90 Å². The summed E-state index contributed by atoms with van der Waals surface area (Å²) < 4.78 is 0. The molecule has 0 saturated heterocycles. The van der Waals surface area contributed by atoms with Crippen LogP contribution in [0.25, 0.3) is 0 Å². The van der Waals surface area contributed by atoms with Crippen LogP contribution in [-0.4, -0.2) is 51.3 Å². The van der Waals surface area contributed by atoms with Crippen LogP contribution in [0.15, 0.2) is 0 Å². The fourth-order valence-electron chi connectivity index (χ4n) is 1.25. The molecule has 0 bridgehead atoms. The van der Waals surface area contributed by atoms with Gasteiger partial charge in [0.2, 0.25) is 0 Å². The van der Waals surface area contributed by atoms with E-state index in [0.717, 1.165) is 25.5 Å². The van der Waals surface area contributed by atoms with Gasteiger partial charge in [-0.2, -0.15) is 4.80 Å². The summed E-state index contributed by atoms with van der Waals surface area (Å²) >= 11 is 0. The first-order valence-electron chi connectivity index (χ1n) is 5.22. The van der Waals surface area contributed by atoms with Crippen LogP contribution in [0.1, 0.15) is 19.7 Å². The number of nitrogens with zero attached hydrogens (tertiary/aromatic N) is 5. The van der Waals surface area contributed by atoms with Crippen LogP contribution in [0.4, 0.5) is 0 Å². The van der Waals surface area contributed by atoms with Crippen molar-refractivity contribution in [2.24, 2.45) is 7.05 Å². The zero-order valence-electron chi connectivity index (χ0n) is 9.93. The van der Waals surface area contributed by atoms with Crippen LogP contribution in [0.2, 0.25) is 0 Å². The van der Waals surface area contributed by atoms with Gasteiger partial charge in [0.25, 0.3) is 0 Å². The molecule has 0 aliphatic heterocycles. The summed E-state index contributed by atoms with van der Waals surface area (Å²) in [5, 5.41) is 15.2. The highest BCUT2D eigenvalue weighted by molar-refractivity contribution is 4.76. The van der Waals surface area contributed by atoms with E-state index in [1.54, 1.807) is 7.05 Å². The van der Waals surface area contributed by atoms with Crippen LogP contribution in [0.3, 0.4) is 0 Å². The summed E-state index contributed by atoms with van der Waals surface area (Å²) in [4.78, 5) is 3.65. The number of likely N-dealkylation sites (N-methyl/N-ethyl adjacent to an activating group) is 1. The second kappa shape index (κ2) is 5.77. The molecule has 86 valence electrons. The van der Waals surface area contributed by atoms with Gasteiger partial charge in [-0.15, -0.1) is 10.2 Å². The lowest BCUT2D eigenvalue weighted by Crippen LogP contribution is -2.32. The van der Waals surface area contributed by atoms with Gasteiger partial charge in [0.1, 0.15) is 0 Å². The molecule has 0 atom stereocenters. The van der Waals surface area contributed by atoms with Crippen molar-refractivity contribution in [1.82, 2.24) is 30.4 Å². The summed E-state index contributed by atoms with van der Waals surface area (Å²) in [5.74, 6) is 0.768. The number of tetrazole rings is 1. The lowest BCUT2D eigenvalue weighted by molar-refractivity contribution is 0.312. The number of aryl methyl sites for hydroxylation is 1. The summed E-state index contributed by atoms with van der Waals surface area (Å²) in [6.45, 7) is 6.99. The molecule has 0 unspecified atom stereocenters. The first kappa shape index (κ1) is 12.1. The number of hydrogen-bond donors (Lipinski definition) is 1. The van der Waals surface area contributed by atoms with E-state index >= 15 is 0 Å². The molecule has 0 aliphatic rings. The van der Waals surface area contributed by atoms with Crippen LogP contribution >= 0.6 is 0 Å². The van der Waals surface area contributed by atoms with E-state index in [0.29, 0.717) is 6.04 Å². The number of hydrogen-bond acceptors (Lipinski definition) is 5. The first-order valence-corrected chi connectivity index (χ1v) is 5.22. The van der Waals surface area contributed by atoms with Crippen LogP contribution in [0, 0.1) is 0 Å². The highest BCUT2D eigenvalue weighted by Gasteiger charge is 2.04. The average Bonchev–Trinajstić information content (AvgIpc) is 2.50. The van der Waals surface area contributed by atoms with Gasteiger partial charge < -0.3 is 5.32 Å². The fraction of sp³-hybridized carbons (Fsp3) is 0.889. The Kier molecular flexibility index (Phi) is 4.64. The Bertz CT molecular complexity index is 282. The van der Waals surface area contributed by atoms with E-state index in [4.69, 9.17) is 0 Å². The van der Waals surface area contributed by atoms with Crippen molar-refractivity contribution < 1.29 is 0 Å². The zero-order chi connectivity index (χ0) is 11.3. The molecule has 0 radical (unpaired) electrons. The molecule has 0 saturated carbocycles. The maximum absolute atomic E-state index is 4.13. The Morgan fingerprint density at radius 3 is 2.73 bits per heavy atom. The molecule has 6 nitrogen and oxygen atoms in total. The molecule has 1 rings (SSSR count). The smallest absolute Gasteiger partial charge is 0.188 e. The molecule has 0 fully saturated rings. The highest BCUT2D eigenvalue weighted by atomic mass is 15.6. The maximum Gasteiger partial charge on any atom is 0.188 e. The minimum Gasteiger partial charge on any atom is -0.313 e. The van der Waals surface area contributed by atoms with E-state index in [9.17, 15) is 0 Å². The van der Waals surface area contributed by atoms with Crippen LogP contribution < -0.4 is 5.32 Å². The van der Waals surface area contributed by atoms with Crippen molar-refractivity contribution in [1.29, 1.82) is 0 Å². The van der Waals surface area contributed by atoms with Gasteiger partial charge in [-0.1, -0.05) is 13.8 Å². The minimum absolute atomic E-state index is 0.535. The topological polar surface area (TPSA) is 58.9 Å². The van der Waals surface area contributed by atoms with Gasteiger partial charge in [0.05, 0.1) is 13.6 Å². The Balaban J connectivity index is 2.21. The normalized spacial score (nSPS) is 11.6. The third-order valence-corrected chi connectivity index (χ3v) is 2.01. The van der Waals surface area contributed by atoms with Crippen molar-refractivity contribution in [3.05, 3.63) is 5.82 Å². The van der Waals surface area contributed by atoms with E-state index in [1.165, 1.54) is 4.80 Å². The van der Waals surface area contributed by atoms with E-state index in [-0.39, 0.29) is 0 Å². The van der Waals surface area contributed by atoms with E-state index in [2.05, 4.69) is 46.5 Å². The van der Waals surface area contributed by atoms with E-state index < -0.39 is 0 Å². The molecule has 0 amide bonds. The Labute approximate surface area is 90.6 Å². The Morgan fingerprint density at radius 1 is 1.47 bits per heavy atom. The van der Waals surface area contributed by atoms with Gasteiger partial charge in [0.15, 0.2) is 5.82 Å². The SMILES string of the molecule is CC(C)NCCN(C)Cc1nnn(C)n1. The molecule has 0 spiro atoms. The highest BCUT2D eigenvalue weighted by Crippen LogP contribution is 1.92. The van der Waals surface area contributed by atoms with E-state index in [1.807, 2.05) is 0 Å². The standard InChI is InChI=1S/C9H20N6/c1-8(2)10-5-6-14(3)7-9-11-13-15(4)12-9/h8,10H,5-7H2,1-4H3. The monoisotopic (exact) mass is 212 g/mol.